The Morgan fingerprint density at radius 3 is 2.71 bits per heavy atom. The van der Waals surface area contributed by atoms with Crippen molar-refractivity contribution in [1.29, 1.82) is 0 Å². The Morgan fingerprint density at radius 1 is 1.04 bits per heavy atom. The molecule has 1 aromatic heterocycles. The van der Waals surface area contributed by atoms with Gasteiger partial charge >= 0.3 is 0 Å². The quantitative estimate of drug-likeness (QED) is 0.594. The van der Waals surface area contributed by atoms with E-state index in [2.05, 4.69) is 21.9 Å². The van der Waals surface area contributed by atoms with E-state index in [0.29, 0.717) is 24.3 Å². The fraction of sp³-hybridized carbons (Fsp3) is 0.238. The van der Waals surface area contributed by atoms with Gasteiger partial charge in [0.05, 0.1) is 0 Å². The summed E-state index contributed by atoms with van der Waals surface area (Å²) < 4.78 is 11.1. The van der Waals surface area contributed by atoms with Crippen LogP contribution in [0.4, 0.5) is 0 Å². The van der Waals surface area contributed by atoms with Crippen LogP contribution in [0.5, 0.6) is 11.5 Å². The number of hydrogen-bond acceptors (Lipinski definition) is 4. The van der Waals surface area contributed by atoms with Crippen molar-refractivity contribution in [1.82, 2.24) is 15.8 Å². The normalized spacial score (nSPS) is 15.2. The first-order valence-electron chi connectivity index (χ1n) is 9.23. The average Bonchev–Trinajstić information content (AvgIpc) is 3.15. The largest absolute Gasteiger partial charge is 0.485 e. The van der Waals surface area contributed by atoms with Gasteiger partial charge in [-0.25, -0.2) is 0 Å². The van der Waals surface area contributed by atoms with Gasteiger partial charge < -0.3 is 14.5 Å². The van der Waals surface area contributed by atoms with Crippen molar-refractivity contribution in [2.75, 3.05) is 6.61 Å². The highest BCUT2D eigenvalue weighted by atomic mass is 16.6. The van der Waals surface area contributed by atoms with Crippen LogP contribution >= 0.6 is 0 Å². The van der Waals surface area contributed by atoms with Crippen molar-refractivity contribution in [2.45, 2.75) is 25.4 Å². The number of aromatic nitrogens is 1. The monoisotopic (exact) mass is 379 g/mol. The molecule has 7 nitrogen and oxygen atoms in total. The van der Waals surface area contributed by atoms with Crippen LogP contribution in [0, 0.1) is 0 Å². The number of fused-ring (bicyclic) bond motifs is 2. The first-order chi connectivity index (χ1) is 13.7. The number of rotatable bonds is 5. The molecule has 1 atom stereocenters. The van der Waals surface area contributed by atoms with Crippen LogP contribution < -0.4 is 20.3 Å². The second-order valence-electron chi connectivity index (χ2n) is 6.61. The Morgan fingerprint density at radius 2 is 1.82 bits per heavy atom. The molecule has 2 heterocycles. The summed E-state index contributed by atoms with van der Waals surface area (Å²) in [6, 6.07) is 15.2. The van der Waals surface area contributed by atoms with Crippen LogP contribution in [0.3, 0.4) is 0 Å². The third kappa shape index (κ3) is 3.93. The first kappa shape index (κ1) is 17.9. The fourth-order valence-corrected chi connectivity index (χ4v) is 3.20. The van der Waals surface area contributed by atoms with Gasteiger partial charge in [-0.15, -0.1) is 0 Å². The number of carbonyl (C=O) groups is 2. The molecule has 0 spiro atoms. The van der Waals surface area contributed by atoms with Crippen LogP contribution in [0.25, 0.3) is 10.9 Å². The van der Waals surface area contributed by atoms with E-state index in [1.54, 1.807) is 18.2 Å². The highest BCUT2D eigenvalue weighted by Gasteiger charge is 2.27. The molecule has 0 saturated carbocycles. The molecule has 0 fully saturated rings. The number of ether oxygens (including phenoxy) is 2. The van der Waals surface area contributed by atoms with E-state index in [0.717, 1.165) is 11.9 Å². The number of hydrazine groups is 1. The lowest BCUT2D eigenvalue weighted by Crippen LogP contribution is -2.50. The number of para-hydroxylation sites is 3. The van der Waals surface area contributed by atoms with E-state index >= 15 is 0 Å². The van der Waals surface area contributed by atoms with E-state index in [1.165, 1.54) is 10.9 Å². The lowest BCUT2D eigenvalue weighted by Gasteiger charge is -2.25. The Labute approximate surface area is 162 Å². The molecule has 0 aliphatic carbocycles. The summed E-state index contributed by atoms with van der Waals surface area (Å²) in [6.07, 6.45) is 2.94. The fourth-order valence-electron chi connectivity index (χ4n) is 3.20. The molecule has 4 rings (SSSR count). The number of H-pyrrole nitrogens is 1. The second-order valence-corrected chi connectivity index (χ2v) is 6.61. The summed E-state index contributed by atoms with van der Waals surface area (Å²) in [5, 5.41) is 1.17. The molecule has 0 radical (unpaired) electrons. The molecule has 7 heteroatoms. The number of amides is 2. The maximum atomic E-state index is 12.2. The predicted molar refractivity (Wildman–Crippen MR) is 104 cm³/mol. The minimum atomic E-state index is -0.804. The minimum absolute atomic E-state index is 0.0965. The van der Waals surface area contributed by atoms with Crippen molar-refractivity contribution in [3.05, 3.63) is 60.3 Å². The van der Waals surface area contributed by atoms with Crippen LogP contribution in [0.1, 0.15) is 18.4 Å². The van der Waals surface area contributed by atoms with Gasteiger partial charge in [0.1, 0.15) is 6.61 Å². The van der Waals surface area contributed by atoms with E-state index in [1.807, 2.05) is 30.5 Å². The van der Waals surface area contributed by atoms with E-state index in [4.69, 9.17) is 9.47 Å². The molecule has 1 aliphatic rings. The number of nitrogens with one attached hydrogen (secondary N) is 3. The maximum Gasteiger partial charge on any atom is 0.283 e. The SMILES string of the molecule is O=C(CCCc1c[nH]c2ccccc12)NNC(=O)C1COc2ccccc2O1. The summed E-state index contributed by atoms with van der Waals surface area (Å²) in [5.74, 6) is 0.427. The number of benzene rings is 2. The molecule has 2 amide bonds. The molecular formula is C21H21N3O4. The first-order valence-corrected chi connectivity index (χ1v) is 9.23. The van der Waals surface area contributed by atoms with Gasteiger partial charge in [0.15, 0.2) is 11.5 Å². The predicted octanol–water partition coefficient (Wildman–Crippen LogP) is 2.48. The Kier molecular flexibility index (Phi) is 5.14. The highest BCUT2D eigenvalue weighted by Crippen LogP contribution is 2.30. The zero-order chi connectivity index (χ0) is 19.3. The summed E-state index contributed by atoms with van der Waals surface area (Å²) in [5.41, 5.74) is 7.11. The van der Waals surface area contributed by atoms with Crippen LogP contribution in [-0.4, -0.2) is 29.5 Å². The zero-order valence-electron chi connectivity index (χ0n) is 15.2. The van der Waals surface area contributed by atoms with Crippen LogP contribution in [-0.2, 0) is 16.0 Å². The van der Waals surface area contributed by atoms with Crippen molar-refractivity contribution in [2.24, 2.45) is 0 Å². The van der Waals surface area contributed by atoms with Gasteiger partial charge in [0.2, 0.25) is 12.0 Å². The maximum absolute atomic E-state index is 12.2. The molecule has 28 heavy (non-hydrogen) atoms. The van der Waals surface area contributed by atoms with Crippen molar-refractivity contribution >= 4 is 22.7 Å². The molecular weight excluding hydrogens is 358 g/mol. The lowest BCUT2D eigenvalue weighted by atomic mass is 10.1. The minimum Gasteiger partial charge on any atom is -0.485 e. The molecule has 0 bridgehead atoms. The van der Waals surface area contributed by atoms with Gasteiger partial charge in [-0.05, 0) is 36.6 Å². The van der Waals surface area contributed by atoms with Gasteiger partial charge in [-0.3, -0.25) is 20.4 Å². The zero-order valence-corrected chi connectivity index (χ0v) is 15.2. The lowest BCUT2D eigenvalue weighted by molar-refractivity contribution is -0.135. The Balaban J connectivity index is 1.21. The highest BCUT2D eigenvalue weighted by molar-refractivity contribution is 5.85. The van der Waals surface area contributed by atoms with E-state index in [9.17, 15) is 9.59 Å². The van der Waals surface area contributed by atoms with Crippen LogP contribution in [0.2, 0.25) is 0 Å². The molecule has 0 saturated heterocycles. The third-order valence-electron chi connectivity index (χ3n) is 4.65. The standard InChI is InChI=1S/C21H21N3O4/c25-20(11-5-6-14-12-22-16-8-2-1-7-15(14)16)23-24-21(26)19-13-27-17-9-3-4-10-18(17)28-19/h1-4,7-10,12,19,22H,5-6,11,13H2,(H,23,25)(H,24,26). The summed E-state index contributed by atoms with van der Waals surface area (Å²) in [6.45, 7) is 0.0965. The van der Waals surface area contributed by atoms with Crippen LogP contribution in [0.15, 0.2) is 54.7 Å². The van der Waals surface area contributed by atoms with Crippen molar-refractivity contribution < 1.29 is 19.1 Å². The van der Waals surface area contributed by atoms with Gasteiger partial charge in [0.25, 0.3) is 5.91 Å². The second kappa shape index (κ2) is 8.04. The molecule has 3 N–H and O–H groups in total. The van der Waals surface area contributed by atoms with Gasteiger partial charge in [-0.1, -0.05) is 30.3 Å². The van der Waals surface area contributed by atoms with Gasteiger partial charge in [-0.2, -0.15) is 0 Å². The number of aromatic amines is 1. The summed E-state index contributed by atoms with van der Waals surface area (Å²) in [4.78, 5) is 27.4. The van der Waals surface area contributed by atoms with Gasteiger partial charge in [0, 0.05) is 23.5 Å². The van der Waals surface area contributed by atoms with Crippen molar-refractivity contribution in [3.63, 3.8) is 0 Å². The molecule has 1 aliphatic heterocycles. The Hall–Kier alpha value is -3.48. The topological polar surface area (TPSA) is 92.5 Å². The average molecular weight is 379 g/mol. The number of carbonyl (C=O) groups excluding carboxylic acids is 2. The molecule has 144 valence electrons. The number of aryl methyl sites for hydroxylation is 1. The van der Waals surface area contributed by atoms with Crippen molar-refractivity contribution in [3.8, 4) is 11.5 Å². The molecule has 2 aromatic carbocycles. The summed E-state index contributed by atoms with van der Waals surface area (Å²) in [7, 11) is 0. The smallest absolute Gasteiger partial charge is 0.283 e. The number of hydrogen-bond donors (Lipinski definition) is 3. The van der Waals surface area contributed by atoms with E-state index < -0.39 is 12.0 Å². The summed E-state index contributed by atoms with van der Waals surface area (Å²) >= 11 is 0. The Bertz CT molecular complexity index is 998. The molecule has 1 unspecified atom stereocenters. The third-order valence-corrected chi connectivity index (χ3v) is 4.65. The molecule has 3 aromatic rings. The van der Waals surface area contributed by atoms with E-state index in [-0.39, 0.29) is 12.5 Å².